The Balaban J connectivity index is 2.11. The van der Waals surface area contributed by atoms with Crippen molar-refractivity contribution in [3.05, 3.63) is 35.9 Å². The molecule has 1 N–H and O–H groups in total. The van der Waals surface area contributed by atoms with Gasteiger partial charge in [0.2, 0.25) is 0 Å². The number of ether oxygens (including phenoxy) is 1. The number of amides is 2. The van der Waals surface area contributed by atoms with Gasteiger partial charge in [0, 0.05) is 17.6 Å². The average molecular weight is 248 g/mol. The lowest BCUT2D eigenvalue weighted by Gasteiger charge is -2.28. The van der Waals surface area contributed by atoms with E-state index in [0.717, 1.165) is 5.56 Å². The van der Waals surface area contributed by atoms with Crippen LogP contribution in [0, 0.1) is 0 Å². The molecular formula is C14H20N2O2. The van der Waals surface area contributed by atoms with Gasteiger partial charge in [0.05, 0.1) is 6.61 Å². The smallest absolute Gasteiger partial charge is 0.320 e. The molecule has 0 aromatic heterocycles. The van der Waals surface area contributed by atoms with E-state index in [1.165, 1.54) is 0 Å². The molecule has 0 bridgehead atoms. The molecule has 1 aliphatic rings. The van der Waals surface area contributed by atoms with Crippen molar-refractivity contribution < 1.29 is 9.53 Å². The number of carbonyl (C=O) groups excluding carboxylic acids is 1. The van der Waals surface area contributed by atoms with E-state index in [-0.39, 0.29) is 17.8 Å². The third-order valence-electron chi connectivity index (χ3n) is 2.72. The molecule has 18 heavy (non-hydrogen) atoms. The first-order chi connectivity index (χ1) is 8.47. The summed E-state index contributed by atoms with van der Waals surface area (Å²) in [5, 5.41) is 2.97. The Kier molecular flexibility index (Phi) is 3.57. The van der Waals surface area contributed by atoms with E-state index in [2.05, 4.69) is 5.32 Å². The van der Waals surface area contributed by atoms with E-state index in [9.17, 15) is 4.79 Å². The maximum absolute atomic E-state index is 12.2. The predicted molar refractivity (Wildman–Crippen MR) is 70.1 cm³/mol. The first kappa shape index (κ1) is 12.9. The highest BCUT2D eigenvalue weighted by atomic mass is 16.5. The van der Waals surface area contributed by atoms with Gasteiger partial charge in [-0.2, -0.15) is 0 Å². The van der Waals surface area contributed by atoms with Gasteiger partial charge in [-0.05, 0) is 20.8 Å². The van der Waals surface area contributed by atoms with Crippen molar-refractivity contribution in [3.63, 3.8) is 0 Å². The zero-order valence-corrected chi connectivity index (χ0v) is 11.1. The molecular weight excluding hydrogens is 228 g/mol. The fraction of sp³-hybridized carbons (Fsp3) is 0.500. The van der Waals surface area contributed by atoms with E-state index < -0.39 is 0 Å². The second-order valence-corrected chi connectivity index (χ2v) is 5.51. The van der Waals surface area contributed by atoms with E-state index in [1.54, 1.807) is 4.90 Å². The standard InChI is InChI=1S/C14H20N2O2/c1-14(2,3)15-13(17)16-9-10-18-12(16)11-7-5-4-6-8-11/h4-8,12H,9-10H2,1-3H3,(H,15,17). The first-order valence-electron chi connectivity index (χ1n) is 6.23. The summed E-state index contributed by atoms with van der Waals surface area (Å²) in [7, 11) is 0. The highest BCUT2D eigenvalue weighted by Gasteiger charge is 2.32. The molecule has 1 fully saturated rings. The molecule has 4 heteroatoms. The molecule has 4 nitrogen and oxygen atoms in total. The van der Waals surface area contributed by atoms with Crippen molar-refractivity contribution in [2.24, 2.45) is 0 Å². The molecule has 1 unspecified atom stereocenters. The SMILES string of the molecule is CC(C)(C)NC(=O)N1CCOC1c1ccccc1. The molecule has 1 atom stereocenters. The lowest BCUT2D eigenvalue weighted by Crippen LogP contribution is -2.48. The summed E-state index contributed by atoms with van der Waals surface area (Å²) in [6.07, 6.45) is -0.270. The Bertz CT molecular complexity index is 412. The summed E-state index contributed by atoms with van der Waals surface area (Å²) in [5.74, 6) is 0. The Labute approximate surface area is 108 Å². The zero-order valence-electron chi connectivity index (χ0n) is 11.1. The predicted octanol–water partition coefficient (Wildman–Crippen LogP) is 2.53. The van der Waals surface area contributed by atoms with Crippen LogP contribution in [0.3, 0.4) is 0 Å². The molecule has 1 aromatic rings. The van der Waals surface area contributed by atoms with Crippen LogP contribution in [0.2, 0.25) is 0 Å². The largest absolute Gasteiger partial charge is 0.352 e. The first-order valence-corrected chi connectivity index (χ1v) is 6.23. The van der Waals surface area contributed by atoms with Gasteiger partial charge in [0.15, 0.2) is 6.23 Å². The Morgan fingerprint density at radius 3 is 2.61 bits per heavy atom. The van der Waals surface area contributed by atoms with Crippen molar-refractivity contribution >= 4 is 6.03 Å². The topological polar surface area (TPSA) is 41.6 Å². The van der Waals surface area contributed by atoms with Crippen LogP contribution in [-0.2, 0) is 4.74 Å². The van der Waals surface area contributed by atoms with Crippen molar-refractivity contribution in [2.75, 3.05) is 13.2 Å². The third-order valence-corrected chi connectivity index (χ3v) is 2.72. The molecule has 1 aromatic carbocycles. The summed E-state index contributed by atoms with van der Waals surface area (Å²) in [5.41, 5.74) is 0.778. The van der Waals surface area contributed by atoms with Crippen LogP contribution >= 0.6 is 0 Å². The van der Waals surface area contributed by atoms with Gasteiger partial charge in [-0.25, -0.2) is 4.79 Å². The molecule has 2 rings (SSSR count). The molecule has 1 saturated heterocycles. The number of hydrogen-bond acceptors (Lipinski definition) is 2. The van der Waals surface area contributed by atoms with Gasteiger partial charge in [0.25, 0.3) is 0 Å². The maximum atomic E-state index is 12.2. The normalized spacial score (nSPS) is 19.9. The summed E-state index contributed by atoms with van der Waals surface area (Å²) in [6, 6.07) is 9.75. The minimum Gasteiger partial charge on any atom is -0.352 e. The van der Waals surface area contributed by atoms with Crippen molar-refractivity contribution in [2.45, 2.75) is 32.5 Å². The number of nitrogens with one attached hydrogen (secondary N) is 1. The molecule has 0 spiro atoms. The third kappa shape index (κ3) is 3.01. The van der Waals surface area contributed by atoms with Crippen LogP contribution in [0.1, 0.15) is 32.6 Å². The number of hydrogen-bond donors (Lipinski definition) is 1. The number of carbonyl (C=O) groups is 1. The van der Waals surface area contributed by atoms with Crippen LogP contribution in [0.5, 0.6) is 0 Å². The fourth-order valence-electron chi connectivity index (χ4n) is 1.96. The number of benzene rings is 1. The van der Waals surface area contributed by atoms with Crippen LogP contribution < -0.4 is 5.32 Å². The molecule has 0 saturated carbocycles. The Morgan fingerprint density at radius 2 is 2.00 bits per heavy atom. The van der Waals surface area contributed by atoms with Gasteiger partial charge in [0.1, 0.15) is 0 Å². The summed E-state index contributed by atoms with van der Waals surface area (Å²) < 4.78 is 5.65. The van der Waals surface area contributed by atoms with Gasteiger partial charge >= 0.3 is 6.03 Å². The van der Waals surface area contributed by atoms with Crippen LogP contribution in [0.4, 0.5) is 4.79 Å². The Morgan fingerprint density at radius 1 is 1.33 bits per heavy atom. The van der Waals surface area contributed by atoms with E-state index in [1.807, 2.05) is 51.1 Å². The summed E-state index contributed by atoms with van der Waals surface area (Å²) in [6.45, 7) is 7.12. The van der Waals surface area contributed by atoms with Gasteiger partial charge in [-0.15, -0.1) is 0 Å². The van der Waals surface area contributed by atoms with E-state index in [0.29, 0.717) is 13.2 Å². The second kappa shape index (κ2) is 4.98. The fourth-order valence-corrected chi connectivity index (χ4v) is 1.96. The van der Waals surface area contributed by atoms with Crippen LogP contribution in [0.25, 0.3) is 0 Å². The van der Waals surface area contributed by atoms with E-state index >= 15 is 0 Å². The zero-order chi connectivity index (χ0) is 13.2. The minimum absolute atomic E-state index is 0.0751. The van der Waals surface area contributed by atoms with Gasteiger partial charge < -0.3 is 10.1 Å². The average Bonchev–Trinajstić information content (AvgIpc) is 2.76. The Hall–Kier alpha value is -1.55. The second-order valence-electron chi connectivity index (χ2n) is 5.51. The highest BCUT2D eigenvalue weighted by Crippen LogP contribution is 2.26. The van der Waals surface area contributed by atoms with Gasteiger partial charge in [-0.1, -0.05) is 30.3 Å². The summed E-state index contributed by atoms with van der Waals surface area (Å²) in [4.78, 5) is 13.9. The van der Waals surface area contributed by atoms with Crippen LogP contribution in [-0.4, -0.2) is 29.6 Å². The monoisotopic (exact) mass is 248 g/mol. The van der Waals surface area contributed by atoms with E-state index in [4.69, 9.17) is 4.74 Å². The van der Waals surface area contributed by atoms with Crippen molar-refractivity contribution in [1.29, 1.82) is 0 Å². The summed E-state index contributed by atoms with van der Waals surface area (Å²) >= 11 is 0. The van der Waals surface area contributed by atoms with Crippen LogP contribution in [0.15, 0.2) is 30.3 Å². The minimum atomic E-state index is -0.270. The molecule has 98 valence electrons. The number of nitrogens with zero attached hydrogens (tertiary/aromatic N) is 1. The maximum Gasteiger partial charge on any atom is 0.320 e. The van der Waals surface area contributed by atoms with Crippen molar-refractivity contribution in [3.8, 4) is 0 Å². The molecule has 2 amide bonds. The molecule has 0 aliphatic carbocycles. The lowest BCUT2D eigenvalue weighted by molar-refractivity contribution is 0.0476. The number of rotatable bonds is 1. The molecule has 1 heterocycles. The lowest BCUT2D eigenvalue weighted by atomic mass is 10.1. The highest BCUT2D eigenvalue weighted by molar-refractivity contribution is 5.75. The molecule has 0 radical (unpaired) electrons. The molecule has 1 aliphatic heterocycles. The quantitative estimate of drug-likeness (QED) is 0.829. The van der Waals surface area contributed by atoms with Gasteiger partial charge in [-0.3, -0.25) is 4.90 Å². The van der Waals surface area contributed by atoms with Crippen molar-refractivity contribution in [1.82, 2.24) is 10.2 Å². The number of urea groups is 1.